The van der Waals surface area contributed by atoms with Gasteiger partial charge in [-0.15, -0.1) is 0 Å². The summed E-state index contributed by atoms with van der Waals surface area (Å²) in [5, 5.41) is 1.25. The van der Waals surface area contributed by atoms with Crippen LogP contribution in [0.4, 0.5) is 17.1 Å². The summed E-state index contributed by atoms with van der Waals surface area (Å²) in [4.78, 5) is 11.1. The molecule has 52 heavy (non-hydrogen) atoms. The maximum atomic E-state index is 4.41. The van der Waals surface area contributed by atoms with Gasteiger partial charge < -0.3 is 9.47 Å². The summed E-state index contributed by atoms with van der Waals surface area (Å²) >= 11 is 0. The highest BCUT2D eigenvalue weighted by Crippen LogP contribution is 2.37. The van der Waals surface area contributed by atoms with Crippen LogP contribution in [0.1, 0.15) is 0 Å². The second-order valence-corrected chi connectivity index (χ2v) is 12.8. The fourth-order valence-corrected chi connectivity index (χ4v) is 6.97. The van der Waals surface area contributed by atoms with Crippen molar-refractivity contribution in [3.8, 4) is 50.5 Å². The topological polar surface area (TPSA) is 34.0 Å². The molecule has 0 saturated heterocycles. The first-order chi connectivity index (χ1) is 25.8. The van der Waals surface area contributed by atoms with Gasteiger partial charge >= 0.3 is 0 Å². The molecule has 0 spiro atoms. The van der Waals surface area contributed by atoms with Gasteiger partial charge in [0.1, 0.15) is 0 Å². The molecule has 0 aliphatic carbocycles. The van der Waals surface area contributed by atoms with Crippen LogP contribution < -0.4 is 4.90 Å². The number of fused-ring (bicyclic) bond motifs is 1. The van der Waals surface area contributed by atoms with E-state index in [0.29, 0.717) is 0 Å². The lowest BCUT2D eigenvalue weighted by molar-refractivity contribution is 1.13. The molecule has 0 N–H and O–H groups in total. The fourth-order valence-electron chi connectivity index (χ4n) is 6.97. The van der Waals surface area contributed by atoms with Crippen molar-refractivity contribution < 1.29 is 0 Å². The molecule has 0 radical (unpaired) electrons. The van der Waals surface area contributed by atoms with Crippen LogP contribution in [0.5, 0.6) is 0 Å². The monoisotopic (exact) mass is 666 g/mol. The molecular weight excluding hydrogens is 633 g/mol. The first-order valence-corrected chi connectivity index (χ1v) is 17.5. The number of nitrogens with zero attached hydrogens (tertiary/aromatic N) is 4. The van der Waals surface area contributed by atoms with Gasteiger partial charge in [-0.05, 0) is 101 Å². The minimum atomic E-state index is 0.718. The van der Waals surface area contributed by atoms with Crippen molar-refractivity contribution in [1.29, 1.82) is 0 Å². The predicted octanol–water partition coefficient (Wildman–Crippen LogP) is 12.6. The molecule has 4 nitrogen and oxygen atoms in total. The summed E-state index contributed by atoms with van der Waals surface area (Å²) < 4.78 is 2.31. The minimum absolute atomic E-state index is 0.718. The summed E-state index contributed by atoms with van der Waals surface area (Å²) in [5.74, 6) is 0.718. The van der Waals surface area contributed by atoms with E-state index in [4.69, 9.17) is 0 Å². The second kappa shape index (κ2) is 13.7. The summed E-state index contributed by atoms with van der Waals surface area (Å²) in [6.45, 7) is 0. The Morgan fingerprint density at radius 3 is 1.58 bits per heavy atom. The number of hydrogen-bond donors (Lipinski definition) is 0. The number of hydrogen-bond acceptors (Lipinski definition) is 3. The molecule has 0 aliphatic rings. The van der Waals surface area contributed by atoms with Crippen LogP contribution in [0.2, 0.25) is 0 Å². The lowest BCUT2D eigenvalue weighted by Crippen LogP contribution is -2.09. The Kier molecular flexibility index (Phi) is 8.16. The average molecular weight is 667 g/mol. The molecule has 0 bridgehead atoms. The molecule has 2 heterocycles. The summed E-state index contributed by atoms with van der Waals surface area (Å²) in [6, 6.07) is 66.4. The quantitative estimate of drug-likeness (QED) is 0.162. The first-order valence-electron chi connectivity index (χ1n) is 17.5. The van der Waals surface area contributed by atoms with Crippen molar-refractivity contribution in [1.82, 2.24) is 14.5 Å². The highest BCUT2D eigenvalue weighted by Gasteiger charge is 2.14. The number of aromatic nitrogens is 3. The van der Waals surface area contributed by atoms with E-state index in [2.05, 4.69) is 202 Å². The highest BCUT2D eigenvalue weighted by atomic mass is 15.1. The maximum Gasteiger partial charge on any atom is 0.159 e. The first kappa shape index (κ1) is 31.0. The van der Waals surface area contributed by atoms with E-state index in [9.17, 15) is 0 Å². The molecule has 7 aromatic carbocycles. The normalized spacial score (nSPS) is 11.1. The van der Waals surface area contributed by atoms with Crippen LogP contribution in [0.25, 0.3) is 61.4 Å². The van der Waals surface area contributed by atoms with E-state index in [0.717, 1.165) is 34.1 Å². The summed E-state index contributed by atoms with van der Waals surface area (Å²) in [6.07, 6.45) is 5.81. The van der Waals surface area contributed by atoms with Crippen LogP contribution in [-0.4, -0.2) is 14.5 Å². The molecule has 0 unspecified atom stereocenters. The zero-order valence-electron chi connectivity index (χ0n) is 28.4. The largest absolute Gasteiger partial charge is 0.316 e. The lowest BCUT2D eigenvalue weighted by atomic mass is 9.99. The van der Waals surface area contributed by atoms with E-state index in [1.807, 2.05) is 12.1 Å². The van der Waals surface area contributed by atoms with Crippen molar-refractivity contribution in [2.75, 3.05) is 4.90 Å². The number of rotatable bonds is 8. The molecule has 0 amide bonds. The van der Waals surface area contributed by atoms with Crippen LogP contribution in [0, 0.1) is 0 Å². The molecule has 4 heteroatoms. The van der Waals surface area contributed by atoms with Gasteiger partial charge in [0.05, 0.1) is 5.52 Å². The van der Waals surface area contributed by atoms with Crippen LogP contribution in [0.3, 0.4) is 0 Å². The number of anilines is 3. The van der Waals surface area contributed by atoms with E-state index >= 15 is 0 Å². The number of para-hydroxylation sites is 2. The Hall–Kier alpha value is -7.04. The van der Waals surface area contributed by atoms with Crippen LogP contribution in [-0.2, 0) is 0 Å². The van der Waals surface area contributed by atoms with Crippen molar-refractivity contribution in [3.63, 3.8) is 0 Å². The zero-order chi connectivity index (χ0) is 34.7. The van der Waals surface area contributed by atoms with Gasteiger partial charge in [0.25, 0.3) is 0 Å². The molecule has 9 rings (SSSR count). The van der Waals surface area contributed by atoms with Crippen molar-refractivity contribution in [3.05, 3.63) is 207 Å². The molecule has 246 valence electrons. The van der Waals surface area contributed by atoms with Gasteiger partial charge in [0.2, 0.25) is 0 Å². The van der Waals surface area contributed by atoms with Gasteiger partial charge in [0, 0.05) is 57.9 Å². The van der Waals surface area contributed by atoms with E-state index < -0.39 is 0 Å². The standard InChI is InChI=1S/C48H34N4/c1-3-11-38(12-4-1)46-34-51(47-18-8-7-17-45(46)47)44-16-9-13-40(33-44)37-21-19-35(20-22-37)36-23-27-42(28-24-36)52(41-14-5-2-6-15-41)43-29-25-39(26-30-43)48-49-31-10-32-50-48/h1-34H. The third kappa shape index (κ3) is 6.03. The average Bonchev–Trinajstić information content (AvgIpc) is 3.63. The predicted molar refractivity (Wildman–Crippen MR) is 215 cm³/mol. The molecule has 0 aliphatic heterocycles. The van der Waals surface area contributed by atoms with Gasteiger partial charge in [-0.1, -0.05) is 115 Å². The smallest absolute Gasteiger partial charge is 0.159 e. The molecule has 9 aromatic rings. The molecule has 0 atom stereocenters. The second-order valence-electron chi connectivity index (χ2n) is 12.8. The van der Waals surface area contributed by atoms with Crippen LogP contribution >= 0.6 is 0 Å². The van der Waals surface area contributed by atoms with E-state index in [1.54, 1.807) is 12.4 Å². The Bertz CT molecular complexity index is 2580. The Morgan fingerprint density at radius 2 is 0.904 bits per heavy atom. The third-order valence-corrected chi connectivity index (χ3v) is 9.56. The molecule has 0 saturated carbocycles. The van der Waals surface area contributed by atoms with Crippen molar-refractivity contribution >= 4 is 28.0 Å². The third-order valence-electron chi connectivity index (χ3n) is 9.56. The molecular formula is C48H34N4. The van der Waals surface area contributed by atoms with Gasteiger partial charge in [-0.25, -0.2) is 9.97 Å². The Morgan fingerprint density at radius 1 is 0.385 bits per heavy atom. The maximum absolute atomic E-state index is 4.41. The highest BCUT2D eigenvalue weighted by molar-refractivity contribution is 5.97. The molecule has 2 aromatic heterocycles. The zero-order valence-corrected chi connectivity index (χ0v) is 28.4. The van der Waals surface area contributed by atoms with Crippen LogP contribution in [0.15, 0.2) is 207 Å². The number of benzene rings is 7. The fraction of sp³-hybridized carbons (Fsp3) is 0. The van der Waals surface area contributed by atoms with Gasteiger partial charge in [-0.3, -0.25) is 0 Å². The molecule has 0 fully saturated rings. The van der Waals surface area contributed by atoms with E-state index in [1.165, 1.54) is 44.3 Å². The Balaban J connectivity index is 0.989. The summed E-state index contributed by atoms with van der Waals surface area (Å²) in [7, 11) is 0. The van der Waals surface area contributed by atoms with Crippen molar-refractivity contribution in [2.45, 2.75) is 0 Å². The van der Waals surface area contributed by atoms with E-state index in [-0.39, 0.29) is 0 Å². The Labute approximate surface area is 303 Å². The lowest BCUT2D eigenvalue weighted by Gasteiger charge is -2.25. The minimum Gasteiger partial charge on any atom is -0.316 e. The van der Waals surface area contributed by atoms with Gasteiger partial charge in [0.15, 0.2) is 5.82 Å². The van der Waals surface area contributed by atoms with Crippen molar-refractivity contribution in [2.24, 2.45) is 0 Å². The SMILES string of the molecule is c1ccc(-c2cn(-c3cccc(-c4ccc(-c5ccc(N(c6ccccc6)c6ccc(-c7ncccn7)cc6)cc5)cc4)c3)c3ccccc23)cc1. The summed E-state index contributed by atoms with van der Waals surface area (Å²) in [5.41, 5.74) is 13.7. The van der Waals surface area contributed by atoms with Gasteiger partial charge in [-0.2, -0.15) is 0 Å².